The van der Waals surface area contributed by atoms with Gasteiger partial charge >= 0.3 is 0 Å². The second-order valence-electron chi connectivity index (χ2n) is 6.18. The molecular weight excluding hydrogens is 244 g/mol. The Morgan fingerprint density at radius 1 is 1.16 bits per heavy atom. The molecule has 1 nitrogen and oxygen atoms in total. The second-order valence-corrected chi connectivity index (χ2v) is 6.18. The van der Waals surface area contributed by atoms with Crippen LogP contribution in [0.1, 0.15) is 38.2 Å². The summed E-state index contributed by atoms with van der Waals surface area (Å²) in [6.07, 6.45) is 4.75. The van der Waals surface area contributed by atoms with Crippen molar-refractivity contribution in [1.82, 2.24) is 4.90 Å². The minimum Gasteiger partial charge on any atom is -0.303 e. The molecule has 0 heterocycles. The van der Waals surface area contributed by atoms with E-state index in [2.05, 4.69) is 11.8 Å². The van der Waals surface area contributed by atoms with E-state index in [0.29, 0.717) is 6.42 Å². The SMILES string of the molecule is CC1CCC(Cc2c(F)cccc2F)(N(C)C)CC1. The average Bonchev–Trinajstić information content (AvgIpc) is 2.36. The van der Waals surface area contributed by atoms with Crippen LogP contribution in [0, 0.1) is 17.6 Å². The summed E-state index contributed by atoms with van der Waals surface area (Å²) in [6.45, 7) is 2.25. The summed E-state index contributed by atoms with van der Waals surface area (Å²) in [7, 11) is 4.05. The van der Waals surface area contributed by atoms with Crippen molar-refractivity contribution in [3.8, 4) is 0 Å². The van der Waals surface area contributed by atoms with E-state index in [9.17, 15) is 8.78 Å². The van der Waals surface area contributed by atoms with E-state index in [-0.39, 0.29) is 11.1 Å². The van der Waals surface area contributed by atoms with Crippen molar-refractivity contribution in [1.29, 1.82) is 0 Å². The molecule has 0 N–H and O–H groups in total. The smallest absolute Gasteiger partial charge is 0.129 e. The summed E-state index contributed by atoms with van der Waals surface area (Å²) in [4.78, 5) is 2.16. The van der Waals surface area contributed by atoms with Crippen LogP contribution >= 0.6 is 0 Å². The van der Waals surface area contributed by atoms with Crippen LogP contribution in [0.2, 0.25) is 0 Å². The minimum atomic E-state index is -0.417. The quantitative estimate of drug-likeness (QED) is 0.799. The lowest BCUT2D eigenvalue weighted by atomic mass is 9.73. The van der Waals surface area contributed by atoms with E-state index in [1.165, 1.54) is 18.2 Å². The molecule has 0 bridgehead atoms. The van der Waals surface area contributed by atoms with E-state index in [1.54, 1.807) is 0 Å². The monoisotopic (exact) mass is 267 g/mol. The van der Waals surface area contributed by atoms with E-state index in [4.69, 9.17) is 0 Å². The van der Waals surface area contributed by atoms with Crippen LogP contribution < -0.4 is 0 Å². The summed E-state index contributed by atoms with van der Waals surface area (Å²) in [5.74, 6) is -0.113. The van der Waals surface area contributed by atoms with Crippen LogP contribution in [0.15, 0.2) is 18.2 Å². The Balaban J connectivity index is 2.27. The maximum Gasteiger partial charge on any atom is 0.129 e. The van der Waals surface area contributed by atoms with Gasteiger partial charge in [-0.2, -0.15) is 0 Å². The highest BCUT2D eigenvalue weighted by atomic mass is 19.1. The molecule has 0 amide bonds. The standard InChI is InChI=1S/C16H23F2N/c1-12-7-9-16(10-8-12,19(2)3)11-13-14(17)5-4-6-15(13)18/h4-6,12H,7-11H2,1-3H3. The Hall–Kier alpha value is -0.960. The van der Waals surface area contributed by atoms with Gasteiger partial charge in [-0.15, -0.1) is 0 Å². The van der Waals surface area contributed by atoms with E-state index in [0.717, 1.165) is 31.6 Å². The van der Waals surface area contributed by atoms with Crippen LogP contribution in [0.4, 0.5) is 8.78 Å². The van der Waals surface area contributed by atoms with Gasteiger partial charge in [-0.1, -0.05) is 13.0 Å². The number of benzene rings is 1. The lowest BCUT2D eigenvalue weighted by Crippen LogP contribution is -2.48. The fourth-order valence-electron chi connectivity index (χ4n) is 3.11. The van der Waals surface area contributed by atoms with Gasteiger partial charge in [0, 0.05) is 11.1 Å². The summed E-state index contributed by atoms with van der Waals surface area (Å²) < 4.78 is 27.7. The van der Waals surface area contributed by atoms with Crippen LogP contribution in [-0.4, -0.2) is 24.5 Å². The van der Waals surface area contributed by atoms with Gasteiger partial charge in [0.2, 0.25) is 0 Å². The summed E-state index contributed by atoms with van der Waals surface area (Å²) in [6, 6.07) is 4.14. The van der Waals surface area contributed by atoms with Crippen molar-refractivity contribution in [2.24, 2.45) is 5.92 Å². The van der Waals surface area contributed by atoms with Crippen molar-refractivity contribution >= 4 is 0 Å². The number of rotatable bonds is 3. The van der Waals surface area contributed by atoms with Crippen LogP contribution in [0.3, 0.4) is 0 Å². The molecule has 1 aromatic carbocycles. The second kappa shape index (κ2) is 5.58. The first-order valence-electron chi connectivity index (χ1n) is 7.05. The maximum atomic E-state index is 13.9. The van der Waals surface area contributed by atoms with E-state index >= 15 is 0 Å². The normalized spacial score (nSPS) is 27.8. The molecule has 1 aliphatic carbocycles. The van der Waals surface area contributed by atoms with Crippen molar-refractivity contribution in [3.63, 3.8) is 0 Å². The molecule has 0 unspecified atom stereocenters. The van der Waals surface area contributed by atoms with E-state index < -0.39 is 11.6 Å². The van der Waals surface area contributed by atoms with Gasteiger partial charge in [0.05, 0.1) is 0 Å². The Morgan fingerprint density at radius 2 is 1.68 bits per heavy atom. The molecule has 1 fully saturated rings. The van der Waals surface area contributed by atoms with Crippen molar-refractivity contribution in [3.05, 3.63) is 35.4 Å². The van der Waals surface area contributed by atoms with Gasteiger partial charge in [0.1, 0.15) is 11.6 Å². The first-order valence-corrected chi connectivity index (χ1v) is 7.05. The van der Waals surface area contributed by atoms with Gasteiger partial charge in [-0.25, -0.2) is 8.78 Å². The molecule has 1 saturated carbocycles. The number of nitrogens with zero attached hydrogens (tertiary/aromatic N) is 1. The molecule has 2 rings (SSSR count). The number of hydrogen-bond acceptors (Lipinski definition) is 1. The summed E-state index contributed by atoms with van der Waals surface area (Å²) in [5.41, 5.74) is 0.140. The molecule has 0 aromatic heterocycles. The highest BCUT2D eigenvalue weighted by Gasteiger charge is 2.37. The van der Waals surface area contributed by atoms with Crippen molar-refractivity contribution < 1.29 is 8.78 Å². The van der Waals surface area contributed by atoms with Crippen LogP contribution in [-0.2, 0) is 6.42 Å². The number of halogens is 2. The molecule has 106 valence electrons. The Bertz CT molecular complexity index is 414. The molecule has 0 atom stereocenters. The minimum absolute atomic E-state index is 0.102. The average molecular weight is 267 g/mol. The largest absolute Gasteiger partial charge is 0.303 e. The topological polar surface area (TPSA) is 3.24 Å². The highest BCUT2D eigenvalue weighted by Crippen LogP contribution is 2.38. The molecule has 0 radical (unpaired) electrons. The lowest BCUT2D eigenvalue weighted by Gasteiger charge is -2.45. The Kier molecular flexibility index (Phi) is 4.24. The van der Waals surface area contributed by atoms with Gasteiger partial charge in [-0.05, 0) is 64.3 Å². The molecule has 0 aliphatic heterocycles. The molecule has 1 aromatic rings. The molecule has 0 spiro atoms. The molecule has 0 saturated heterocycles. The zero-order valence-electron chi connectivity index (χ0n) is 12.0. The highest BCUT2D eigenvalue weighted by molar-refractivity contribution is 5.22. The molecular formula is C16H23F2N. The lowest BCUT2D eigenvalue weighted by molar-refractivity contribution is 0.0812. The third kappa shape index (κ3) is 2.97. The van der Waals surface area contributed by atoms with Crippen molar-refractivity contribution in [2.45, 2.75) is 44.6 Å². The van der Waals surface area contributed by atoms with Gasteiger partial charge < -0.3 is 4.90 Å². The van der Waals surface area contributed by atoms with Gasteiger partial charge in [-0.3, -0.25) is 0 Å². The summed E-state index contributed by atoms with van der Waals surface area (Å²) >= 11 is 0. The Morgan fingerprint density at radius 3 is 2.16 bits per heavy atom. The predicted octanol–water partition coefficient (Wildman–Crippen LogP) is 4.02. The Labute approximate surface area is 114 Å². The van der Waals surface area contributed by atoms with Crippen molar-refractivity contribution in [2.75, 3.05) is 14.1 Å². The zero-order valence-corrected chi connectivity index (χ0v) is 12.0. The third-order valence-electron chi connectivity index (χ3n) is 4.72. The molecule has 19 heavy (non-hydrogen) atoms. The first-order chi connectivity index (χ1) is 8.94. The zero-order chi connectivity index (χ0) is 14.0. The number of likely N-dealkylation sites (N-methyl/N-ethyl adjacent to an activating group) is 1. The van der Waals surface area contributed by atoms with Crippen LogP contribution in [0.25, 0.3) is 0 Å². The first kappa shape index (κ1) is 14.4. The maximum absolute atomic E-state index is 13.9. The fourth-order valence-corrected chi connectivity index (χ4v) is 3.11. The van der Waals surface area contributed by atoms with Crippen LogP contribution in [0.5, 0.6) is 0 Å². The molecule has 1 aliphatic rings. The third-order valence-corrected chi connectivity index (χ3v) is 4.72. The van der Waals surface area contributed by atoms with Gasteiger partial charge in [0.15, 0.2) is 0 Å². The van der Waals surface area contributed by atoms with Gasteiger partial charge in [0.25, 0.3) is 0 Å². The van der Waals surface area contributed by atoms with E-state index in [1.807, 2.05) is 14.1 Å². The fraction of sp³-hybridized carbons (Fsp3) is 0.625. The molecule has 3 heteroatoms. The summed E-state index contributed by atoms with van der Waals surface area (Å²) in [5, 5.41) is 0. The predicted molar refractivity (Wildman–Crippen MR) is 74.1 cm³/mol. The number of hydrogen-bond donors (Lipinski definition) is 0.